The van der Waals surface area contributed by atoms with Crippen LogP contribution in [0.15, 0.2) is 42.3 Å². The number of nitriles is 1. The predicted octanol–water partition coefficient (Wildman–Crippen LogP) is 2.57. The van der Waals surface area contributed by atoms with Crippen molar-refractivity contribution in [2.24, 2.45) is 0 Å². The first-order valence-corrected chi connectivity index (χ1v) is 4.80. The van der Waals surface area contributed by atoms with E-state index in [2.05, 4.69) is 11.1 Å². The summed E-state index contributed by atoms with van der Waals surface area (Å²) in [5, 5.41) is 8.82. The Bertz CT molecular complexity index is 455. The van der Waals surface area contributed by atoms with Gasteiger partial charge < -0.3 is 4.74 Å². The normalized spacial score (nSPS) is 14.2. The summed E-state index contributed by atoms with van der Waals surface area (Å²) in [6.45, 7) is 0. The summed E-state index contributed by atoms with van der Waals surface area (Å²) in [4.78, 5) is 3.93. The minimum absolute atomic E-state index is 0.317. The molecule has 0 saturated carbocycles. The summed E-state index contributed by atoms with van der Waals surface area (Å²) in [7, 11) is 0. The number of nitrogens with zero attached hydrogens (tertiary/aromatic N) is 2. The Morgan fingerprint density at radius 1 is 1.40 bits per heavy atom. The third-order valence-corrected chi connectivity index (χ3v) is 2.07. The van der Waals surface area contributed by atoms with E-state index in [9.17, 15) is 0 Å². The molecular formula is C12H10N2O. The Labute approximate surface area is 88.3 Å². The van der Waals surface area contributed by atoms with E-state index in [0.29, 0.717) is 11.4 Å². The second-order valence-electron chi connectivity index (χ2n) is 3.15. The Hall–Kier alpha value is -2.08. The largest absolute Gasteiger partial charge is 0.455 e. The quantitative estimate of drug-likeness (QED) is 0.733. The predicted molar refractivity (Wildman–Crippen MR) is 56.0 cm³/mol. The maximum Gasteiger partial charge on any atom is 0.183 e. The summed E-state index contributed by atoms with van der Waals surface area (Å²) in [6.07, 6.45) is 9.58. The van der Waals surface area contributed by atoms with Gasteiger partial charge in [0.05, 0.1) is 0 Å². The fourth-order valence-corrected chi connectivity index (χ4v) is 1.35. The molecule has 1 aliphatic carbocycles. The molecule has 1 aromatic rings. The SMILES string of the molecule is N#Cc1ncccc1OC1=CCCC=C1. The molecular weight excluding hydrogens is 188 g/mol. The molecule has 1 aliphatic rings. The molecule has 0 aromatic carbocycles. The van der Waals surface area contributed by atoms with Gasteiger partial charge in [0.15, 0.2) is 11.4 Å². The number of pyridine rings is 1. The average Bonchev–Trinajstić information content (AvgIpc) is 2.31. The molecule has 3 heteroatoms. The highest BCUT2D eigenvalue weighted by molar-refractivity contribution is 5.38. The standard InChI is InChI=1S/C12H10N2O/c13-9-11-12(7-4-8-14-11)15-10-5-2-1-3-6-10/h2,4-8H,1,3H2. The smallest absolute Gasteiger partial charge is 0.183 e. The number of hydrogen-bond donors (Lipinski definition) is 0. The second kappa shape index (κ2) is 4.43. The van der Waals surface area contributed by atoms with Gasteiger partial charge in [-0.15, -0.1) is 0 Å². The van der Waals surface area contributed by atoms with E-state index in [1.807, 2.05) is 18.2 Å². The zero-order valence-electron chi connectivity index (χ0n) is 8.18. The van der Waals surface area contributed by atoms with Crippen molar-refractivity contribution in [3.63, 3.8) is 0 Å². The number of allylic oxidation sites excluding steroid dienone is 3. The van der Waals surface area contributed by atoms with Gasteiger partial charge in [0.1, 0.15) is 11.8 Å². The van der Waals surface area contributed by atoms with Gasteiger partial charge in [-0.3, -0.25) is 0 Å². The summed E-state index contributed by atoms with van der Waals surface area (Å²) < 4.78 is 5.57. The summed E-state index contributed by atoms with van der Waals surface area (Å²) in [5.41, 5.74) is 0.317. The lowest BCUT2D eigenvalue weighted by Crippen LogP contribution is -1.98. The van der Waals surface area contributed by atoms with E-state index in [0.717, 1.165) is 18.6 Å². The highest BCUT2D eigenvalue weighted by Gasteiger charge is 2.06. The van der Waals surface area contributed by atoms with Crippen molar-refractivity contribution in [3.05, 3.63) is 48.0 Å². The van der Waals surface area contributed by atoms with Crippen molar-refractivity contribution in [1.82, 2.24) is 4.98 Å². The van der Waals surface area contributed by atoms with Crippen LogP contribution in [0.4, 0.5) is 0 Å². The first-order valence-electron chi connectivity index (χ1n) is 4.80. The van der Waals surface area contributed by atoms with Gasteiger partial charge in [-0.05, 0) is 37.1 Å². The lowest BCUT2D eigenvalue weighted by atomic mass is 10.2. The van der Waals surface area contributed by atoms with Crippen LogP contribution < -0.4 is 4.74 Å². The van der Waals surface area contributed by atoms with Crippen LogP contribution in [0.25, 0.3) is 0 Å². The van der Waals surface area contributed by atoms with Crippen LogP contribution in [0.1, 0.15) is 18.5 Å². The zero-order chi connectivity index (χ0) is 10.5. The molecule has 0 unspecified atom stereocenters. The van der Waals surface area contributed by atoms with E-state index in [4.69, 9.17) is 10.00 Å². The third-order valence-electron chi connectivity index (χ3n) is 2.07. The van der Waals surface area contributed by atoms with E-state index >= 15 is 0 Å². The van der Waals surface area contributed by atoms with E-state index in [-0.39, 0.29) is 0 Å². The maximum absolute atomic E-state index is 8.82. The van der Waals surface area contributed by atoms with Crippen LogP contribution in [0, 0.1) is 11.3 Å². The first kappa shape index (κ1) is 9.47. The third kappa shape index (κ3) is 2.23. The fourth-order valence-electron chi connectivity index (χ4n) is 1.35. The number of aromatic nitrogens is 1. The van der Waals surface area contributed by atoms with Crippen molar-refractivity contribution >= 4 is 0 Å². The van der Waals surface area contributed by atoms with Crippen LogP contribution in [-0.2, 0) is 0 Å². The van der Waals surface area contributed by atoms with E-state index in [1.54, 1.807) is 18.3 Å². The molecule has 0 bridgehead atoms. The molecule has 0 saturated heterocycles. The van der Waals surface area contributed by atoms with Gasteiger partial charge in [-0.2, -0.15) is 5.26 Å². The van der Waals surface area contributed by atoms with Crippen LogP contribution in [0.2, 0.25) is 0 Å². The minimum Gasteiger partial charge on any atom is -0.455 e. The molecule has 74 valence electrons. The fraction of sp³-hybridized carbons (Fsp3) is 0.167. The molecule has 1 heterocycles. The molecule has 0 spiro atoms. The lowest BCUT2D eigenvalue weighted by molar-refractivity contribution is 0.435. The number of ether oxygens (including phenoxy) is 1. The van der Waals surface area contributed by atoms with Gasteiger partial charge in [0.25, 0.3) is 0 Å². The zero-order valence-corrected chi connectivity index (χ0v) is 8.18. The molecule has 0 atom stereocenters. The minimum atomic E-state index is 0.317. The molecule has 15 heavy (non-hydrogen) atoms. The number of rotatable bonds is 2. The molecule has 1 aromatic heterocycles. The number of hydrogen-bond acceptors (Lipinski definition) is 3. The van der Waals surface area contributed by atoms with Crippen molar-refractivity contribution < 1.29 is 4.74 Å². The van der Waals surface area contributed by atoms with Crippen LogP contribution in [-0.4, -0.2) is 4.98 Å². The van der Waals surface area contributed by atoms with Crippen molar-refractivity contribution in [3.8, 4) is 11.8 Å². The van der Waals surface area contributed by atoms with E-state index in [1.165, 1.54) is 0 Å². The van der Waals surface area contributed by atoms with Gasteiger partial charge >= 0.3 is 0 Å². The molecule has 0 fully saturated rings. The van der Waals surface area contributed by atoms with Crippen LogP contribution in [0.3, 0.4) is 0 Å². The molecule has 0 aliphatic heterocycles. The van der Waals surface area contributed by atoms with Crippen molar-refractivity contribution in [2.75, 3.05) is 0 Å². The summed E-state index contributed by atoms with van der Waals surface area (Å²) in [6, 6.07) is 5.50. The summed E-state index contributed by atoms with van der Waals surface area (Å²) in [5.74, 6) is 1.29. The Kier molecular flexibility index (Phi) is 2.80. The lowest BCUT2D eigenvalue weighted by Gasteiger charge is -2.09. The molecule has 2 rings (SSSR count). The molecule has 0 amide bonds. The van der Waals surface area contributed by atoms with Gasteiger partial charge in [-0.25, -0.2) is 4.98 Å². The molecule has 0 N–H and O–H groups in total. The van der Waals surface area contributed by atoms with Crippen LogP contribution >= 0.6 is 0 Å². The highest BCUT2D eigenvalue weighted by Crippen LogP contribution is 2.19. The first-order chi connectivity index (χ1) is 7.40. The van der Waals surface area contributed by atoms with Crippen LogP contribution in [0.5, 0.6) is 5.75 Å². The topological polar surface area (TPSA) is 45.9 Å². The van der Waals surface area contributed by atoms with Gasteiger partial charge in [-0.1, -0.05) is 6.08 Å². The Balaban J connectivity index is 2.21. The van der Waals surface area contributed by atoms with Crippen molar-refractivity contribution in [2.45, 2.75) is 12.8 Å². The average molecular weight is 198 g/mol. The second-order valence-corrected chi connectivity index (χ2v) is 3.15. The maximum atomic E-state index is 8.82. The highest BCUT2D eigenvalue weighted by atomic mass is 16.5. The summed E-state index contributed by atoms with van der Waals surface area (Å²) >= 11 is 0. The Morgan fingerprint density at radius 2 is 2.33 bits per heavy atom. The monoisotopic (exact) mass is 198 g/mol. The van der Waals surface area contributed by atoms with Gasteiger partial charge in [0.2, 0.25) is 0 Å². The van der Waals surface area contributed by atoms with Gasteiger partial charge in [0, 0.05) is 6.20 Å². The molecule has 3 nitrogen and oxygen atoms in total. The molecule has 0 radical (unpaired) electrons. The van der Waals surface area contributed by atoms with E-state index < -0.39 is 0 Å². The Morgan fingerprint density at radius 3 is 3.07 bits per heavy atom. The van der Waals surface area contributed by atoms with Crippen molar-refractivity contribution in [1.29, 1.82) is 5.26 Å².